The molecular formula is C23H35I2NO3S. The number of benzene rings is 2. The van der Waals surface area contributed by atoms with Gasteiger partial charge in [-0.15, -0.1) is 0 Å². The van der Waals surface area contributed by atoms with Crippen molar-refractivity contribution in [3.8, 4) is 0 Å². The summed E-state index contributed by atoms with van der Waals surface area (Å²) < 4.78 is 27.4. The van der Waals surface area contributed by atoms with Crippen molar-refractivity contribution < 1.29 is 13.5 Å². The maximum atomic E-state index is 13.0. The molecule has 0 heterocycles. The second kappa shape index (κ2) is 16.4. The van der Waals surface area contributed by atoms with Crippen LogP contribution in [0.4, 0.5) is 0 Å². The lowest BCUT2D eigenvalue weighted by atomic mass is 9.96. The van der Waals surface area contributed by atoms with Crippen molar-refractivity contribution in [1.29, 1.82) is 0 Å². The first-order valence-electron chi connectivity index (χ1n) is 10.2. The summed E-state index contributed by atoms with van der Waals surface area (Å²) >= 11 is 4.24. The van der Waals surface area contributed by atoms with Crippen molar-refractivity contribution in [2.24, 2.45) is 11.8 Å². The molecule has 2 aromatic carbocycles. The van der Waals surface area contributed by atoms with E-state index in [1.54, 1.807) is 30.3 Å². The fourth-order valence-electron chi connectivity index (χ4n) is 2.93. The summed E-state index contributed by atoms with van der Waals surface area (Å²) in [6, 6.07) is 18.4. The molecule has 0 aliphatic carbocycles. The van der Waals surface area contributed by atoms with Crippen molar-refractivity contribution in [2.45, 2.75) is 52.0 Å². The van der Waals surface area contributed by atoms with Crippen LogP contribution in [0.2, 0.25) is 0 Å². The molecule has 0 spiro atoms. The van der Waals surface area contributed by atoms with Crippen LogP contribution < -0.4 is 0 Å². The van der Waals surface area contributed by atoms with Gasteiger partial charge in [0, 0.05) is 50.3 Å². The van der Waals surface area contributed by atoms with Gasteiger partial charge in [-0.25, -0.2) is 8.42 Å². The predicted molar refractivity (Wildman–Crippen MR) is 145 cm³/mol. The van der Waals surface area contributed by atoms with E-state index in [0.29, 0.717) is 13.0 Å². The molecule has 4 nitrogen and oxygen atoms in total. The Morgan fingerprint density at radius 2 is 1.33 bits per heavy atom. The molecule has 7 heteroatoms. The number of nitrogens with zero attached hydrogens (tertiary/aromatic N) is 1. The maximum absolute atomic E-state index is 13.0. The minimum atomic E-state index is -3.62. The molecule has 2 rings (SSSR count). The van der Waals surface area contributed by atoms with E-state index in [-0.39, 0.29) is 23.3 Å². The summed E-state index contributed by atoms with van der Waals surface area (Å²) in [7, 11) is -3.62. The first-order valence-corrected chi connectivity index (χ1v) is 17.9. The molecule has 2 atom stereocenters. The van der Waals surface area contributed by atoms with Crippen LogP contribution in [0.15, 0.2) is 65.6 Å². The molecule has 0 saturated heterocycles. The largest absolute Gasteiger partial charge is 0.391 e. The van der Waals surface area contributed by atoms with Crippen LogP contribution in [0.5, 0.6) is 0 Å². The third kappa shape index (κ3) is 10.4. The molecule has 0 aliphatic heterocycles. The zero-order valence-electron chi connectivity index (χ0n) is 18.5. The summed E-state index contributed by atoms with van der Waals surface area (Å²) in [5.74, 6) is 0.128. The molecule has 0 radical (unpaired) electrons. The molecule has 0 amide bonds. The standard InChI is InChI=1S/C21H29NO3S.C2H6.I2/c1-17(2)15-22(26(24,25)20-12-8-5-9-13-20)16-21(23)18(3)14-19-10-6-4-7-11-19;2*1-2/h4-13,17-18,21,23H,14-16H2,1-3H3;1-2H3;/t18-,21+;;/m0../s1. The third-order valence-corrected chi connectivity index (χ3v) is 6.24. The highest BCUT2D eigenvalue weighted by Crippen LogP contribution is 2.20. The van der Waals surface area contributed by atoms with Crippen LogP contribution in [0.3, 0.4) is 0 Å². The molecule has 2 aromatic rings. The fraction of sp³-hybridized carbons (Fsp3) is 0.478. The van der Waals surface area contributed by atoms with Crippen LogP contribution in [0.1, 0.15) is 40.2 Å². The van der Waals surface area contributed by atoms with Crippen molar-refractivity contribution in [3.05, 3.63) is 66.2 Å². The molecule has 1 N–H and O–H groups in total. The first-order chi connectivity index (χ1) is 14.3. The van der Waals surface area contributed by atoms with Gasteiger partial charge in [0.15, 0.2) is 0 Å². The van der Waals surface area contributed by atoms with Gasteiger partial charge in [0.25, 0.3) is 0 Å². The van der Waals surface area contributed by atoms with Gasteiger partial charge in [-0.2, -0.15) is 4.31 Å². The Bertz CT molecular complexity index is 772. The monoisotopic (exact) mass is 659 g/mol. The number of halogens is 2. The summed E-state index contributed by atoms with van der Waals surface area (Å²) in [6.45, 7) is 10.4. The second-order valence-corrected chi connectivity index (χ2v) is 9.20. The molecule has 0 unspecified atom stereocenters. The van der Waals surface area contributed by atoms with E-state index in [2.05, 4.69) is 37.2 Å². The Kier molecular flexibility index (Phi) is 16.3. The average Bonchev–Trinajstić information content (AvgIpc) is 2.77. The lowest BCUT2D eigenvalue weighted by molar-refractivity contribution is 0.0919. The second-order valence-electron chi connectivity index (χ2n) is 7.26. The van der Waals surface area contributed by atoms with E-state index in [1.165, 1.54) is 4.31 Å². The van der Waals surface area contributed by atoms with Gasteiger partial charge >= 0.3 is 0 Å². The molecule has 0 fully saturated rings. The summed E-state index contributed by atoms with van der Waals surface area (Å²) in [5.41, 5.74) is 1.14. The van der Waals surface area contributed by atoms with E-state index >= 15 is 0 Å². The van der Waals surface area contributed by atoms with Gasteiger partial charge in [-0.1, -0.05) is 83.1 Å². The van der Waals surface area contributed by atoms with Crippen molar-refractivity contribution >= 4 is 47.3 Å². The van der Waals surface area contributed by atoms with Crippen LogP contribution in [-0.2, 0) is 16.4 Å². The number of aliphatic hydroxyl groups excluding tert-OH is 1. The van der Waals surface area contributed by atoms with Crippen molar-refractivity contribution in [1.82, 2.24) is 4.31 Å². The topological polar surface area (TPSA) is 57.6 Å². The first kappa shape index (κ1) is 29.8. The van der Waals surface area contributed by atoms with Gasteiger partial charge in [0.2, 0.25) is 10.0 Å². The Balaban J connectivity index is 0.00000198. The molecule has 0 saturated carbocycles. The number of sulfonamides is 1. The third-order valence-electron chi connectivity index (χ3n) is 4.40. The Morgan fingerprint density at radius 3 is 1.80 bits per heavy atom. The molecule has 30 heavy (non-hydrogen) atoms. The molecule has 0 aliphatic rings. The van der Waals surface area contributed by atoms with Crippen molar-refractivity contribution in [2.75, 3.05) is 13.1 Å². The Hall–Kier alpha value is -0.230. The lowest BCUT2D eigenvalue weighted by Gasteiger charge is -2.28. The van der Waals surface area contributed by atoms with Gasteiger partial charge in [0.05, 0.1) is 11.0 Å². The normalized spacial score (nSPS) is 13.0. The zero-order valence-corrected chi connectivity index (χ0v) is 23.6. The maximum Gasteiger partial charge on any atom is 0.243 e. The van der Waals surface area contributed by atoms with Crippen LogP contribution >= 0.6 is 37.2 Å². The van der Waals surface area contributed by atoms with E-state index in [4.69, 9.17) is 0 Å². The Morgan fingerprint density at radius 1 is 0.867 bits per heavy atom. The molecular weight excluding hydrogens is 624 g/mol. The van der Waals surface area contributed by atoms with E-state index in [0.717, 1.165) is 5.56 Å². The highest BCUT2D eigenvalue weighted by molar-refractivity contribution is 15.0. The van der Waals surface area contributed by atoms with Crippen LogP contribution in [0.25, 0.3) is 0 Å². The van der Waals surface area contributed by atoms with Gasteiger partial charge in [-0.3, -0.25) is 0 Å². The summed E-state index contributed by atoms with van der Waals surface area (Å²) in [5, 5.41) is 10.7. The molecule has 170 valence electrons. The number of rotatable bonds is 9. The summed E-state index contributed by atoms with van der Waals surface area (Å²) in [4.78, 5) is 0.267. The smallest absolute Gasteiger partial charge is 0.243 e. The highest BCUT2D eigenvalue weighted by Gasteiger charge is 2.29. The number of hydrogen-bond acceptors (Lipinski definition) is 3. The minimum absolute atomic E-state index is 0.0435. The quantitative estimate of drug-likeness (QED) is 0.319. The number of aliphatic hydroxyl groups is 1. The predicted octanol–water partition coefficient (Wildman–Crippen LogP) is 6.37. The minimum Gasteiger partial charge on any atom is -0.391 e. The number of hydrogen-bond donors (Lipinski definition) is 1. The average molecular weight is 659 g/mol. The Labute approximate surface area is 206 Å². The van der Waals surface area contributed by atoms with Gasteiger partial charge < -0.3 is 5.11 Å². The SMILES string of the molecule is CC.CC(C)CN(C[C@@H](O)[C@@H](C)Cc1ccccc1)S(=O)(=O)c1ccccc1.II. The van der Waals surface area contributed by atoms with E-state index in [9.17, 15) is 13.5 Å². The molecule has 0 aromatic heterocycles. The fourth-order valence-corrected chi connectivity index (χ4v) is 4.57. The van der Waals surface area contributed by atoms with Crippen LogP contribution in [-0.4, -0.2) is 37.0 Å². The van der Waals surface area contributed by atoms with E-state index < -0.39 is 16.1 Å². The van der Waals surface area contributed by atoms with E-state index in [1.807, 2.05) is 65.0 Å². The van der Waals surface area contributed by atoms with Crippen LogP contribution in [0, 0.1) is 11.8 Å². The highest BCUT2D eigenvalue weighted by atomic mass is 128. The lowest BCUT2D eigenvalue weighted by Crippen LogP contribution is -2.42. The zero-order chi connectivity index (χ0) is 23.2. The van der Waals surface area contributed by atoms with Gasteiger partial charge in [0.1, 0.15) is 0 Å². The van der Waals surface area contributed by atoms with Crippen molar-refractivity contribution in [3.63, 3.8) is 0 Å². The molecule has 0 bridgehead atoms. The van der Waals surface area contributed by atoms with Gasteiger partial charge in [-0.05, 0) is 36.0 Å². The summed E-state index contributed by atoms with van der Waals surface area (Å²) in [6.07, 6.45) is -0.0180.